The van der Waals surface area contributed by atoms with Gasteiger partial charge in [-0.1, -0.05) is 134 Å². The zero-order chi connectivity index (χ0) is 34.5. The molecule has 9 rings (SSSR count). The van der Waals surface area contributed by atoms with Crippen molar-refractivity contribution in [2.24, 2.45) is 4.99 Å². The predicted octanol–water partition coefficient (Wildman–Crippen LogP) is 12.1. The summed E-state index contributed by atoms with van der Waals surface area (Å²) in [5.41, 5.74) is 10.3. The van der Waals surface area contributed by atoms with Gasteiger partial charge in [0.25, 0.3) is 0 Å². The number of allylic oxidation sites excluding steroid dienone is 2. The van der Waals surface area contributed by atoms with Gasteiger partial charge in [-0.25, -0.2) is 4.98 Å². The fourth-order valence-corrected chi connectivity index (χ4v) is 7.67. The highest BCUT2D eigenvalue weighted by Crippen LogP contribution is 2.40. The van der Waals surface area contributed by atoms with E-state index in [4.69, 9.17) is 4.98 Å². The maximum Gasteiger partial charge on any atom is 0.146 e. The Labute approximate surface area is 296 Å². The predicted molar refractivity (Wildman–Crippen MR) is 218 cm³/mol. The van der Waals surface area contributed by atoms with E-state index in [1.54, 1.807) is 6.08 Å². The number of rotatable bonds is 8. The molecular weight excluding hydrogens is 621 g/mol. The Bertz CT molecular complexity index is 2870. The Kier molecular flexibility index (Phi) is 7.29. The normalized spacial score (nSPS) is 12.2. The summed E-state index contributed by atoms with van der Waals surface area (Å²) in [4.78, 5) is 11.9. The summed E-state index contributed by atoms with van der Waals surface area (Å²) >= 11 is 0. The lowest BCUT2D eigenvalue weighted by Gasteiger charge is -2.27. The van der Waals surface area contributed by atoms with Gasteiger partial charge in [-0.15, -0.1) is 0 Å². The molecule has 0 unspecified atom stereocenters. The molecule has 0 aliphatic heterocycles. The third-order valence-corrected chi connectivity index (χ3v) is 10.0. The van der Waals surface area contributed by atoms with Crippen LogP contribution < -0.4 is 4.90 Å². The first-order valence-electron chi connectivity index (χ1n) is 17.1. The van der Waals surface area contributed by atoms with Crippen LogP contribution in [0.25, 0.3) is 71.0 Å². The second-order valence-electron chi connectivity index (χ2n) is 12.8. The molecule has 4 nitrogen and oxygen atoms in total. The third-order valence-electron chi connectivity index (χ3n) is 10.0. The van der Waals surface area contributed by atoms with Gasteiger partial charge < -0.3 is 4.90 Å². The topological polar surface area (TPSA) is 32.9 Å². The van der Waals surface area contributed by atoms with Gasteiger partial charge in [0, 0.05) is 33.8 Å². The standard InChI is InChI=1S/C47H34N4/c1-4-42(48-3)43(5-2)50(34-15-7-6-8-16-34)30-31-23-25-32(26-24-31)33-27-28-37-38-19-13-14-22-44(38)51-46-40-21-12-10-18-36(40)35-17-9-11-20-39(35)45(46)49-47(51)41(37)29-33/h4-29H,1-3,30H2/b43-42-. The zero-order valence-electron chi connectivity index (χ0n) is 28.1. The van der Waals surface area contributed by atoms with Crippen molar-refractivity contribution in [2.45, 2.75) is 6.54 Å². The average molecular weight is 655 g/mol. The summed E-state index contributed by atoms with van der Waals surface area (Å²) in [6.45, 7) is 12.4. The molecule has 0 aliphatic rings. The van der Waals surface area contributed by atoms with Crippen molar-refractivity contribution in [1.29, 1.82) is 0 Å². The summed E-state index contributed by atoms with van der Waals surface area (Å²) in [6, 6.07) is 51.9. The minimum Gasteiger partial charge on any atom is -0.335 e. The molecular formula is C47H34N4. The van der Waals surface area contributed by atoms with E-state index in [-0.39, 0.29) is 0 Å². The Balaban J connectivity index is 1.21. The summed E-state index contributed by atoms with van der Waals surface area (Å²) in [5, 5.41) is 8.37. The highest BCUT2D eigenvalue weighted by molar-refractivity contribution is 6.26. The van der Waals surface area contributed by atoms with Gasteiger partial charge in [0.1, 0.15) is 5.65 Å². The van der Waals surface area contributed by atoms with Crippen molar-refractivity contribution in [3.05, 3.63) is 188 Å². The second-order valence-corrected chi connectivity index (χ2v) is 12.8. The van der Waals surface area contributed by atoms with Crippen LogP contribution in [-0.4, -0.2) is 16.1 Å². The summed E-state index contributed by atoms with van der Waals surface area (Å²) in [6.07, 6.45) is 3.54. The molecule has 0 radical (unpaired) electrons. The number of para-hydroxylation sites is 2. The first-order chi connectivity index (χ1) is 25.2. The molecule has 0 saturated heterocycles. The van der Waals surface area contributed by atoms with Crippen LogP contribution in [0, 0.1) is 0 Å². The number of anilines is 1. The lowest BCUT2D eigenvalue weighted by atomic mass is 9.98. The van der Waals surface area contributed by atoms with Gasteiger partial charge in [-0.05, 0) is 76.0 Å². The Morgan fingerprint density at radius 3 is 1.92 bits per heavy atom. The van der Waals surface area contributed by atoms with Crippen molar-refractivity contribution in [2.75, 3.05) is 4.90 Å². The number of hydrogen-bond donors (Lipinski definition) is 0. The van der Waals surface area contributed by atoms with E-state index in [0.717, 1.165) is 55.7 Å². The molecule has 2 aromatic heterocycles. The molecule has 0 spiro atoms. The fourth-order valence-electron chi connectivity index (χ4n) is 7.67. The van der Waals surface area contributed by atoms with E-state index >= 15 is 0 Å². The molecule has 0 aliphatic carbocycles. The van der Waals surface area contributed by atoms with Crippen molar-refractivity contribution >= 4 is 72.3 Å². The monoisotopic (exact) mass is 654 g/mol. The number of imidazole rings is 1. The highest BCUT2D eigenvalue weighted by Gasteiger charge is 2.19. The summed E-state index contributed by atoms with van der Waals surface area (Å²) < 4.78 is 2.38. The molecule has 0 N–H and O–H groups in total. The van der Waals surface area contributed by atoms with Crippen LogP contribution >= 0.6 is 0 Å². The maximum absolute atomic E-state index is 5.46. The highest BCUT2D eigenvalue weighted by atomic mass is 15.1. The molecule has 2 heterocycles. The van der Waals surface area contributed by atoms with E-state index in [2.05, 4.69) is 162 Å². The third kappa shape index (κ3) is 4.84. The first-order valence-corrected chi connectivity index (χ1v) is 17.1. The smallest absolute Gasteiger partial charge is 0.146 e. The van der Waals surface area contributed by atoms with Crippen molar-refractivity contribution in [1.82, 2.24) is 9.38 Å². The van der Waals surface area contributed by atoms with Crippen LogP contribution in [-0.2, 0) is 6.54 Å². The van der Waals surface area contributed by atoms with Crippen molar-refractivity contribution in [3.63, 3.8) is 0 Å². The van der Waals surface area contributed by atoms with Crippen LogP contribution in [0.5, 0.6) is 0 Å². The zero-order valence-corrected chi connectivity index (χ0v) is 28.1. The molecule has 0 bridgehead atoms. The minimum atomic E-state index is 0.630. The van der Waals surface area contributed by atoms with Gasteiger partial charge in [-0.3, -0.25) is 9.39 Å². The number of hydrogen-bond acceptors (Lipinski definition) is 3. The van der Waals surface area contributed by atoms with E-state index in [0.29, 0.717) is 12.2 Å². The quantitative estimate of drug-likeness (QED) is 0.0928. The average Bonchev–Trinajstić information content (AvgIpc) is 3.62. The molecule has 0 saturated carbocycles. The molecule has 0 amide bonds. The van der Waals surface area contributed by atoms with Crippen LogP contribution in [0.3, 0.4) is 0 Å². The van der Waals surface area contributed by atoms with E-state index in [1.807, 2.05) is 24.3 Å². The number of pyridine rings is 1. The first kappa shape index (κ1) is 30.3. The SMILES string of the molecule is C=C/C(N=C)=C(\C=C)N(Cc1ccc(-c2ccc3c4ccccc4n4c(nc5c6ccccc6c6ccccc6c54)c3c2)cc1)c1ccccc1. The Morgan fingerprint density at radius 2 is 1.22 bits per heavy atom. The van der Waals surface area contributed by atoms with Crippen LogP contribution in [0.4, 0.5) is 5.69 Å². The number of aromatic nitrogens is 2. The van der Waals surface area contributed by atoms with Gasteiger partial charge in [-0.2, -0.15) is 0 Å². The van der Waals surface area contributed by atoms with E-state index < -0.39 is 0 Å². The van der Waals surface area contributed by atoms with Crippen LogP contribution in [0.2, 0.25) is 0 Å². The van der Waals surface area contributed by atoms with E-state index in [1.165, 1.54) is 32.3 Å². The molecule has 9 aromatic rings. The van der Waals surface area contributed by atoms with Crippen LogP contribution in [0.1, 0.15) is 5.56 Å². The van der Waals surface area contributed by atoms with E-state index in [9.17, 15) is 0 Å². The largest absolute Gasteiger partial charge is 0.335 e. The van der Waals surface area contributed by atoms with Gasteiger partial charge in [0.15, 0.2) is 0 Å². The van der Waals surface area contributed by atoms with Gasteiger partial charge in [0.05, 0.1) is 27.9 Å². The van der Waals surface area contributed by atoms with Crippen molar-refractivity contribution < 1.29 is 0 Å². The summed E-state index contributed by atoms with van der Waals surface area (Å²) in [7, 11) is 0. The number of aliphatic imine (C=N–C) groups is 1. The Hall–Kier alpha value is -6.78. The molecule has 51 heavy (non-hydrogen) atoms. The lowest BCUT2D eigenvalue weighted by molar-refractivity contribution is 0.923. The minimum absolute atomic E-state index is 0.630. The molecule has 0 fully saturated rings. The number of fused-ring (bicyclic) bond motifs is 13. The maximum atomic E-state index is 5.46. The second kappa shape index (κ2) is 12.3. The van der Waals surface area contributed by atoms with Gasteiger partial charge in [0.2, 0.25) is 0 Å². The number of nitrogens with zero attached hydrogens (tertiary/aromatic N) is 4. The molecule has 0 atom stereocenters. The van der Waals surface area contributed by atoms with Gasteiger partial charge >= 0.3 is 0 Å². The summed E-state index contributed by atoms with van der Waals surface area (Å²) in [5.74, 6) is 0. The molecule has 242 valence electrons. The molecule has 7 aromatic carbocycles. The molecule has 4 heteroatoms. The van der Waals surface area contributed by atoms with Crippen molar-refractivity contribution in [3.8, 4) is 11.1 Å². The van der Waals surface area contributed by atoms with Crippen LogP contribution in [0.15, 0.2) is 187 Å². The fraction of sp³-hybridized carbons (Fsp3) is 0.0213. The lowest BCUT2D eigenvalue weighted by Crippen LogP contribution is -2.22. The number of benzene rings is 7. The Morgan fingerprint density at radius 1 is 0.608 bits per heavy atom.